The minimum atomic E-state index is -0.873. The third-order valence-electron chi connectivity index (χ3n) is 5.61. The van der Waals surface area contributed by atoms with Gasteiger partial charge in [-0.1, -0.05) is 66.7 Å². The molecule has 4 heteroatoms. The molecule has 0 bridgehead atoms. The van der Waals surface area contributed by atoms with Gasteiger partial charge in [-0.2, -0.15) is 0 Å². The van der Waals surface area contributed by atoms with Crippen molar-refractivity contribution in [3.8, 4) is 0 Å². The van der Waals surface area contributed by atoms with Gasteiger partial charge < -0.3 is 10.2 Å². The molecule has 3 aromatic rings. The van der Waals surface area contributed by atoms with Crippen molar-refractivity contribution in [1.29, 1.82) is 0 Å². The van der Waals surface area contributed by atoms with Crippen molar-refractivity contribution >= 4 is 11.4 Å². The maximum absolute atomic E-state index is 13.5. The van der Waals surface area contributed by atoms with Crippen molar-refractivity contribution in [3.63, 3.8) is 0 Å². The van der Waals surface area contributed by atoms with E-state index in [1.54, 1.807) is 6.92 Å². The molecule has 0 aromatic heterocycles. The van der Waals surface area contributed by atoms with Gasteiger partial charge in [0.05, 0.1) is 6.04 Å². The molecule has 1 unspecified atom stereocenters. The van der Waals surface area contributed by atoms with E-state index in [2.05, 4.69) is 83.0 Å². The van der Waals surface area contributed by atoms with Gasteiger partial charge in [0.1, 0.15) is 0 Å². The van der Waals surface area contributed by atoms with Crippen LogP contribution in [0.3, 0.4) is 0 Å². The first-order valence-corrected chi connectivity index (χ1v) is 10.3. The second-order valence-electron chi connectivity index (χ2n) is 7.55. The Bertz CT molecular complexity index is 851. The third kappa shape index (κ3) is 4.77. The van der Waals surface area contributed by atoms with E-state index >= 15 is 0 Å². The molecule has 3 aromatic carbocycles. The highest BCUT2D eigenvalue weighted by Gasteiger charge is 2.21. The normalized spacial score (nSPS) is 16.0. The van der Waals surface area contributed by atoms with Crippen LogP contribution in [0.25, 0.3) is 0 Å². The lowest BCUT2D eigenvalue weighted by Gasteiger charge is -2.37. The Morgan fingerprint density at radius 2 is 1.34 bits per heavy atom. The van der Waals surface area contributed by atoms with Crippen LogP contribution in [0.2, 0.25) is 0 Å². The van der Waals surface area contributed by atoms with E-state index in [9.17, 15) is 4.39 Å². The average molecular weight is 390 g/mol. The van der Waals surface area contributed by atoms with E-state index in [0.717, 1.165) is 31.9 Å². The highest BCUT2D eigenvalue weighted by atomic mass is 19.1. The van der Waals surface area contributed by atoms with Gasteiger partial charge in [0.2, 0.25) is 0 Å². The molecule has 1 N–H and O–H groups in total. The van der Waals surface area contributed by atoms with Crippen LogP contribution in [-0.4, -0.2) is 37.4 Å². The molecule has 150 valence electrons. The van der Waals surface area contributed by atoms with Gasteiger partial charge in [-0.3, -0.25) is 4.90 Å². The molecule has 1 aliphatic heterocycles. The lowest BCUT2D eigenvalue weighted by molar-refractivity contribution is 0.0920. The van der Waals surface area contributed by atoms with Crippen LogP contribution in [0.15, 0.2) is 84.9 Å². The molecule has 1 fully saturated rings. The predicted molar refractivity (Wildman–Crippen MR) is 119 cm³/mol. The van der Waals surface area contributed by atoms with Gasteiger partial charge in [-0.25, -0.2) is 4.39 Å². The van der Waals surface area contributed by atoms with E-state index in [1.807, 2.05) is 17.0 Å². The van der Waals surface area contributed by atoms with Crippen LogP contribution in [0.5, 0.6) is 0 Å². The first-order valence-electron chi connectivity index (χ1n) is 10.3. The van der Waals surface area contributed by atoms with Gasteiger partial charge in [-0.05, 0) is 36.2 Å². The lowest BCUT2D eigenvalue weighted by Crippen LogP contribution is -2.48. The highest BCUT2D eigenvalue weighted by molar-refractivity contribution is 5.60. The zero-order chi connectivity index (χ0) is 20.1. The smallest absolute Gasteiger partial charge is 0.150 e. The van der Waals surface area contributed by atoms with Crippen LogP contribution in [0.4, 0.5) is 15.8 Å². The summed E-state index contributed by atoms with van der Waals surface area (Å²) in [6.07, 6.45) is -0.873. The van der Waals surface area contributed by atoms with Gasteiger partial charge >= 0.3 is 0 Å². The van der Waals surface area contributed by atoms with Crippen LogP contribution < -0.4 is 10.2 Å². The summed E-state index contributed by atoms with van der Waals surface area (Å²) < 4.78 is 13.5. The SMILES string of the molecule is CC(F)N1CCN(c2cccc(NC(c3ccccc3)c3ccccc3)c2)CC1. The molecule has 3 nitrogen and oxygen atoms in total. The standard InChI is InChI=1S/C25H28FN3/c1-20(26)28-15-17-29(18-16-28)24-14-8-13-23(19-24)27-25(21-9-4-2-5-10-21)22-11-6-3-7-12-22/h2-14,19-20,25,27H,15-18H2,1H3. The maximum Gasteiger partial charge on any atom is 0.150 e. The minimum absolute atomic E-state index is 0.0804. The van der Waals surface area contributed by atoms with Gasteiger partial charge in [0.25, 0.3) is 0 Å². The van der Waals surface area contributed by atoms with Crippen molar-refractivity contribution in [2.75, 3.05) is 36.4 Å². The molecule has 0 spiro atoms. The number of alkyl halides is 1. The quantitative estimate of drug-likeness (QED) is 0.575. The fourth-order valence-electron chi connectivity index (χ4n) is 3.95. The Labute approximate surface area is 172 Å². The summed E-state index contributed by atoms with van der Waals surface area (Å²) in [5, 5.41) is 3.72. The summed E-state index contributed by atoms with van der Waals surface area (Å²) in [6, 6.07) is 29.7. The Morgan fingerprint density at radius 3 is 1.90 bits per heavy atom. The molecule has 0 amide bonds. The molecular formula is C25H28FN3. The summed E-state index contributed by atoms with van der Waals surface area (Å²) in [5.74, 6) is 0. The second-order valence-corrected chi connectivity index (χ2v) is 7.55. The molecule has 4 rings (SSSR count). The monoisotopic (exact) mass is 389 g/mol. The summed E-state index contributed by atoms with van der Waals surface area (Å²) in [5.41, 5.74) is 4.73. The molecule has 0 aliphatic carbocycles. The van der Waals surface area contributed by atoms with Crippen LogP contribution in [0.1, 0.15) is 24.1 Å². The van der Waals surface area contributed by atoms with E-state index in [0.29, 0.717) is 0 Å². The minimum Gasteiger partial charge on any atom is -0.374 e. The first kappa shape index (κ1) is 19.5. The Hall–Kier alpha value is -2.85. The van der Waals surface area contributed by atoms with Gasteiger partial charge in [0, 0.05) is 37.6 Å². The molecule has 0 saturated carbocycles. The fourth-order valence-corrected chi connectivity index (χ4v) is 3.95. The molecule has 0 radical (unpaired) electrons. The molecular weight excluding hydrogens is 361 g/mol. The number of anilines is 2. The van der Waals surface area contributed by atoms with Crippen LogP contribution >= 0.6 is 0 Å². The number of hydrogen-bond acceptors (Lipinski definition) is 3. The van der Waals surface area contributed by atoms with Crippen molar-refractivity contribution in [2.45, 2.75) is 19.3 Å². The van der Waals surface area contributed by atoms with Crippen molar-refractivity contribution in [1.82, 2.24) is 4.90 Å². The number of benzene rings is 3. The summed E-state index contributed by atoms with van der Waals surface area (Å²) in [6.45, 7) is 4.82. The van der Waals surface area contributed by atoms with E-state index in [4.69, 9.17) is 0 Å². The van der Waals surface area contributed by atoms with Crippen molar-refractivity contribution in [3.05, 3.63) is 96.1 Å². The summed E-state index contributed by atoms with van der Waals surface area (Å²) in [7, 11) is 0. The zero-order valence-electron chi connectivity index (χ0n) is 16.8. The molecule has 1 aliphatic rings. The van der Waals surface area contributed by atoms with Crippen molar-refractivity contribution in [2.24, 2.45) is 0 Å². The second kappa shape index (κ2) is 9.10. The number of hydrogen-bond donors (Lipinski definition) is 1. The predicted octanol–water partition coefficient (Wildman–Crippen LogP) is 5.33. The zero-order valence-corrected chi connectivity index (χ0v) is 16.8. The van der Waals surface area contributed by atoms with Crippen molar-refractivity contribution < 1.29 is 4.39 Å². The van der Waals surface area contributed by atoms with Crippen LogP contribution in [-0.2, 0) is 0 Å². The lowest BCUT2D eigenvalue weighted by atomic mass is 9.98. The topological polar surface area (TPSA) is 18.5 Å². The number of nitrogens with one attached hydrogen (secondary N) is 1. The number of halogens is 1. The van der Waals surface area contributed by atoms with Crippen LogP contribution in [0, 0.1) is 0 Å². The third-order valence-corrected chi connectivity index (χ3v) is 5.61. The Balaban J connectivity index is 1.54. The summed E-state index contributed by atoms with van der Waals surface area (Å²) in [4.78, 5) is 4.23. The van der Waals surface area contributed by atoms with E-state index in [-0.39, 0.29) is 6.04 Å². The van der Waals surface area contributed by atoms with Gasteiger partial charge in [0.15, 0.2) is 6.30 Å². The highest BCUT2D eigenvalue weighted by Crippen LogP contribution is 2.29. The van der Waals surface area contributed by atoms with E-state index in [1.165, 1.54) is 16.8 Å². The van der Waals surface area contributed by atoms with Gasteiger partial charge in [-0.15, -0.1) is 0 Å². The molecule has 1 atom stereocenters. The molecule has 1 heterocycles. The molecule has 29 heavy (non-hydrogen) atoms. The average Bonchev–Trinajstić information content (AvgIpc) is 2.79. The Kier molecular flexibility index (Phi) is 6.11. The largest absolute Gasteiger partial charge is 0.374 e. The Morgan fingerprint density at radius 1 is 0.759 bits per heavy atom. The number of piperazine rings is 1. The van der Waals surface area contributed by atoms with E-state index < -0.39 is 6.30 Å². The first-order chi connectivity index (χ1) is 14.2. The molecule has 1 saturated heterocycles. The fraction of sp³-hybridized carbons (Fsp3) is 0.280. The maximum atomic E-state index is 13.5. The number of nitrogens with zero attached hydrogens (tertiary/aromatic N) is 2. The number of rotatable bonds is 6. The summed E-state index contributed by atoms with van der Waals surface area (Å²) >= 11 is 0.